The zero-order valence-corrected chi connectivity index (χ0v) is 11.8. The van der Waals surface area contributed by atoms with Gasteiger partial charge < -0.3 is 10.9 Å². The Morgan fingerprint density at radius 1 is 1.25 bits per heavy atom. The van der Waals surface area contributed by atoms with Crippen molar-refractivity contribution in [3.8, 4) is 0 Å². The summed E-state index contributed by atoms with van der Waals surface area (Å²) >= 11 is 1.54. The Kier molecular flexibility index (Phi) is 4.63. The summed E-state index contributed by atoms with van der Waals surface area (Å²) in [4.78, 5) is 1.07. The molecule has 0 atom stereocenters. The topological polar surface area (TPSA) is 58.6 Å². The van der Waals surface area contributed by atoms with E-state index in [-0.39, 0.29) is 11.4 Å². The zero-order valence-electron chi connectivity index (χ0n) is 11.0. The van der Waals surface area contributed by atoms with Crippen molar-refractivity contribution < 1.29 is 9.60 Å². The lowest BCUT2D eigenvalue weighted by Gasteiger charge is -2.07. The van der Waals surface area contributed by atoms with Crippen molar-refractivity contribution in [3.05, 3.63) is 65.0 Å². The van der Waals surface area contributed by atoms with Crippen LogP contribution in [0.2, 0.25) is 0 Å². The van der Waals surface area contributed by atoms with Gasteiger partial charge in [-0.15, -0.1) is 11.8 Å². The van der Waals surface area contributed by atoms with Crippen molar-refractivity contribution in [1.82, 2.24) is 0 Å². The second-order valence-electron chi connectivity index (χ2n) is 4.37. The molecule has 0 saturated heterocycles. The monoisotopic (exact) mass is 290 g/mol. The van der Waals surface area contributed by atoms with Crippen molar-refractivity contribution in [1.29, 1.82) is 0 Å². The van der Waals surface area contributed by atoms with Crippen LogP contribution in [0.4, 0.5) is 4.39 Å². The molecule has 0 spiro atoms. The van der Waals surface area contributed by atoms with Gasteiger partial charge in [-0.3, -0.25) is 0 Å². The lowest BCUT2D eigenvalue weighted by molar-refractivity contribution is 0.318. The van der Waals surface area contributed by atoms with Gasteiger partial charge in [0.25, 0.3) is 0 Å². The summed E-state index contributed by atoms with van der Waals surface area (Å²) in [6.07, 6.45) is 0. The van der Waals surface area contributed by atoms with E-state index in [2.05, 4.69) is 5.16 Å². The summed E-state index contributed by atoms with van der Waals surface area (Å²) in [6, 6.07) is 12.9. The van der Waals surface area contributed by atoms with E-state index in [9.17, 15) is 4.39 Å². The van der Waals surface area contributed by atoms with E-state index in [0.717, 1.165) is 4.90 Å². The second-order valence-corrected chi connectivity index (χ2v) is 5.41. The van der Waals surface area contributed by atoms with Crippen LogP contribution in [0.1, 0.15) is 16.7 Å². The van der Waals surface area contributed by atoms with Gasteiger partial charge in [-0.2, -0.15) is 0 Å². The zero-order chi connectivity index (χ0) is 14.5. The Morgan fingerprint density at radius 3 is 2.60 bits per heavy atom. The van der Waals surface area contributed by atoms with Gasteiger partial charge in [0.2, 0.25) is 0 Å². The molecule has 0 aliphatic carbocycles. The van der Waals surface area contributed by atoms with Gasteiger partial charge in [0.1, 0.15) is 5.82 Å². The van der Waals surface area contributed by atoms with Crippen LogP contribution in [0.3, 0.4) is 0 Å². The van der Waals surface area contributed by atoms with Crippen LogP contribution in [-0.2, 0) is 5.75 Å². The molecule has 0 radical (unpaired) electrons. The number of benzene rings is 2. The van der Waals surface area contributed by atoms with Crippen molar-refractivity contribution in [2.45, 2.75) is 17.6 Å². The highest BCUT2D eigenvalue weighted by molar-refractivity contribution is 7.98. The quantitative estimate of drug-likeness (QED) is 0.298. The highest BCUT2D eigenvalue weighted by Crippen LogP contribution is 2.25. The number of oxime groups is 1. The van der Waals surface area contributed by atoms with E-state index in [0.29, 0.717) is 11.3 Å². The van der Waals surface area contributed by atoms with Crippen LogP contribution in [0.15, 0.2) is 52.5 Å². The van der Waals surface area contributed by atoms with E-state index in [4.69, 9.17) is 10.9 Å². The number of rotatable bonds is 4. The molecule has 5 heteroatoms. The first-order valence-corrected chi connectivity index (χ1v) is 7.05. The summed E-state index contributed by atoms with van der Waals surface area (Å²) in [6.45, 7) is 2.02. The molecule has 0 aliphatic rings. The molecule has 0 bridgehead atoms. The molecule has 3 nitrogen and oxygen atoms in total. The molecule has 0 saturated carbocycles. The normalized spacial score (nSPS) is 11.6. The van der Waals surface area contributed by atoms with E-state index in [1.807, 2.05) is 31.2 Å². The fraction of sp³-hybridized carbons (Fsp3) is 0.133. The van der Waals surface area contributed by atoms with Crippen molar-refractivity contribution in [2.24, 2.45) is 10.9 Å². The molecule has 2 aromatic carbocycles. The van der Waals surface area contributed by atoms with E-state index in [1.54, 1.807) is 23.9 Å². The minimum atomic E-state index is -0.442. The number of thioether (sulfide) groups is 1. The Hall–Kier alpha value is -2.01. The Labute approximate surface area is 121 Å². The maximum Gasteiger partial charge on any atom is 0.173 e. The Balaban J connectivity index is 2.16. The first-order chi connectivity index (χ1) is 9.61. The molecule has 0 aliphatic heterocycles. The molecule has 0 amide bonds. The van der Waals surface area contributed by atoms with Crippen LogP contribution in [0.5, 0.6) is 0 Å². The summed E-state index contributed by atoms with van der Waals surface area (Å²) in [5.74, 6) is -0.173. The van der Waals surface area contributed by atoms with Crippen molar-refractivity contribution >= 4 is 17.6 Å². The van der Waals surface area contributed by atoms with Crippen LogP contribution >= 0.6 is 11.8 Å². The molecular weight excluding hydrogens is 275 g/mol. The highest BCUT2D eigenvalue weighted by atomic mass is 32.2. The molecule has 0 unspecified atom stereocenters. The molecule has 2 aromatic rings. The van der Waals surface area contributed by atoms with Crippen LogP contribution < -0.4 is 5.73 Å². The van der Waals surface area contributed by atoms with Crippen LogP contribution in [-0.4, -0.2) is 11.0 Å². The van der Waals surface area contributed by atoms with E-state index in [1.165, 1.54) is 11.6 Å². The number of nitrogens with two attached hydrogens (primary N) is 1. The number of hydrogen-bond acceptors (Lipinski definition) is 3. The third kappa shape index (κ3) is 3.30. The second kappa shape index (κ2) is 6.43. The third-order valence-corrected chi connectivity index (χ3v) is 3.94. The van der Waals surface area contributed by atoms with Gasteiger partial charge in [-0.1, -0.05) is 35.0 Å². The maximum atomic E-state index is 14.2. The van der Waals surface area contributed by atoms with Crippen LogP contribution in [0.25, 0.3) is 0 Å². The molecule has 0 heterocycles. The summed E-state index contributed by atoms with van der Waals surface area (Å²) in [5, 5.41) is 11.5. The number of nitrogens with zero attached hydrogens (tertiary/aromatic N) is 1. The number of aryl methyl sites for hydroxylation is 1. The van der Waals surface area contributed by atoms with Gasteiger partial charge in [0.15, 0.2) is 5.84 Å². The van der Waals surface area contributed by atoms with E-state index >= 15 is 0 Å². The largest absolute Gasteiger partial charge is 0.409 e. The maximum absolute atomic E-state index is 14.2. The SMILES string of the molecule is Cc1ccc(SCc2cccc(/C(N)=N/O)c2F)cc1. The van der Waals surface area contributed by atoms with Crippen molar-refractivity contribution in [3.63, 3.8) is 0 Å². The predicted octanol–water partition coefficient (Wildman–Crippen LogP) is 3.52. The average molecular weight is 290 g/mol. The molecule has 104 valence electrons. The highest BCUT2D eigenvalue weighted by Gasteiger charge is 2.11. The number of hydrogen-bond donors (Lipinski definition) is 2. The summed E-state index contributed by atoms with van der Waals surface area (Å²) in [7, 11) is 0. The average Bonchev–Trinajstić information content (AvgIpc) is 2.47. The number of amidine groups is 1. The van der Waals surface area contributed by atoms with Gasteiger partial charge in [0.05, 0.1) is 5.56 Å². The van der Waals surface area contributed by atoms with Gasteiger partial charge in [0, 0.05) is 10.6 Å². The molecule has 2 rings (SSSR count). The minimum Gasteiger partial charge on any atom is -0.409 e. The molecule has 0 aromatic heterocycles. The Morgan fingerprint density at radius 2 is 1.95 bits per heavy atom. The van der Waals surface area contributed by atoms with Gasteiger partial charge >= 0.3 is 0 Å². The smallest absolute Gasteiger partial charge is 0.173 e. The van der Waals surface area contributed by atoms with Gasteiger partial charge in [-0.25, -0.2) is 4.39 Å². The standard InChI is InChI=1S/C15H15FN2OS/c1-10-5-7-12(8-6-10)20-9-11-3-2-4-13(14(11)16)15(17)18-19/h2-8,19H,9H2,1H3,(H2,17,18). The molecule has 3 N–H and O–H groups in total. The first kappa shape index (κ1) is 14.4. The lowest BCUT2D eigenvalue weighted by Crippen LogP contribution is -2.15. The van der Waals surface area contributed by atoms with Crippen LogP contribution in [0, 0.1) is 12.7 Å². The Bertz CT molecular complexity index is 626. The van der Waals surface area contributed by atoms with Gasteiger partial charge in [-0.05, 0) is 30.7 Å². The van der Waals surface area contributed by atoms with E-state index < -0.39 is 5.82 Å². The lowest BCUT2D eigenvalue weighted by atomic mass is 10.1. The molecule has 0 fully saturated rings. The molecular formula is C15H15FN2OS. The summed E-state index contributed by atoms with van der Waals surface area (Å²) < 4.78 is 14.2. The predicted molar refractivity (Wildman–Crippen MR) is 79.7 cm³/mol. The van der Waals surface area contributed by atoms with Crippen molar-refractivity contribution in [2.75, 3.05) is 0 Å². The first-order valence-electron chi connectivity index (χ1n) is 6.06. The fourth-order valence-corrected chi connectivity index (χ4v) is 2.61. The fourth-order valence-electron chi connectivity index (χ4n) is 1.74. The summed E-state index contributed by atoms with van der Waals surface area (Å²) in [5.41, 5.74) is 7.28. The minimum absolute atomic E-state index is 0.120. The third-order valence-electron chi connectivity index (χ3n) is 2.88. The molecule has 20 heavy (non-hydrogen) atoms. The number of halogens is 1.